The first-order chi connectivity index (χ1) is 10.1. The van der Waals surface area contributed by atoms with Crippen LogP contribution in [0, 0.1) is 0 Å². The molecule has 0 saturated carbocycles. The lowest BCUT2D eigenvalue weighted by Crippen LogP contribution is -2.19. The van der Waals surface area contributed by atoms with Gasteiger partial charge in [0, 0.05) is 16.1 Å². The van der Waals surface area contributed by atoms with E-state index in [2.05, 4.69) is 31.4 Å². The van der Waals surface area contributed by atoms with Crippen molar-refractivity contribution in [3.05, 3.63) is 58.5 Å². The van der Waals surface area contributed by atoms with E-state index in [4.69, 9.17) is 4.42 Å². The second kappa shape index (κ2) is 5.57. The molecule has 2 N–H and O–H groups in total. The number of hydrogen-bond donors (Lipinski definition) is 2. The number of fused-ring (bicyclic) bond motifs is 1. The summed E-state index contributed by atoms with van der Waals surface area (Å²) in [5, 5.41) is 5.04. The number of aromatic nitrogens is 1. The fourth-order valence-electron chi connectivity index (χ4n) is 1.91. The molecule has 1 amide bonds. The molecule has 0 bridgehead atoms. The van der Waals surface area contributed by atoms with Crippen molar-refractivity contribution in [1.29, 1.82) is 0 Å². The van der Waals surface area contributed by atoms with Gasteiger partial charge in [0.15, 0.2) is 5.76 Å². The van der Waals surface area contributed by atoms with Crippen LogP contribution in [-0.2, 0) is 0 Å². The molecule has 0 aliphatic carbocycles. The number of aromatic amines is 1. The van der Waals surface area contributed by atoms with E-state index >= 15 is 0 Å². The number of H-pyrrole nitrogens is 1. The minimum absolute atomic E-state index is 0.293. The number of carbonyl (C=O) groups is 1. The first kappa shape index (κ1) is 13.6. The zero-order chi connectivity index (χ0) is 14.8. The van der Waals surface area contributed by atoms with Crippen LogP contribution in [0.5, 0.6) is 0 Å². The number of nitrogens with zero attached hydrogens (tertiary/aromatic N) is 1. The number of hydrazone groups is 1. The quantitative estimate of drug-likeness (QED) is 0.561. The third-order valence-corrected chi connectivity index (χ3v) is 3.50. The smallest absolute Gasteiger partial charge is 0.287 e. The summed E-state index contributed by atoms with van der Waals surface area (Å²) in [4.78, 5) is 14.6. The number of nitrogens with one attached hydrogen (secondary N) is 2. The zero-order valence-electron chi connectivity index (χ0n) is 11.2. The van der Waals surface area contributed by atoms with Gasteiger partial charge in [0.05, 0.1) is 0 Å². The topological polar surface area (TPSA) is 70.4 Å². The average molecular weight is 346 g/mol. The molecule has 0 aliphatic rings. The third-order valence-electron chi connectivity index (χ3n) is 3.00. The van der Waals surface area contributed by atoms with Crippen LogP contribution in [0.3, 0.4) is 0 Å². The van der Waals surface area contributed by atoms with Crippen LogP contribution in [0.1, 0.15) is 23.2 Å². The first-order valence-electron chi connectivity index (χ1n) is 6.31. The molecule has 0 fully saturated rings. The maximum atomic E-state index is 11.8. The molecule has 3 aromatic rings. The van der Waals surface area contributed by atoms with Crippen molar-refractivity contribution >= 4 is 38.5 Å². The summed E-state index contributed by atoms with van der Waals surface area (Å²) in [5.41, 5.74) is 4.32. The highest BCUT2D eigenvalue weighted by Crippen LogP contribution is 2.23. The van der Waals surface area contributed by atoms with Crippen molar-refractivity contribution in [2.45, 2.75) is 6.92 Å². The van der Waals surface area contributed by atoms with E-state index in [1.807, 2.05) is 24.3 Å². The van der Waals surface area contributed by atoms with Gasteiger partial charge in [-0.15, -0.1) is 0 Å². The van der Waals surface area contributed by atoms with Gasteiger partial charge < -0.3 is 9.40 Å². The third kappa shape index (κ3) is 2.90. The van der Waals surface area contributed by atoms with Gasteiger partial charge >= 0.3 is 0 Å². The molecular weight excluding hydrogens is 334 g/mol. The molecule has 2 heterocycles. The summed E-state index contributed by atoms with van der Waals surface area (Å²) in [5.74, 6) is 0.327. The van der Waals surface area contributed by atoms with Gasteiger partial charge in [0.25, 0.3) is 5.91 Å². The van der Waals surface area contributed by atoms with Gasteiger partial charge in [-0.2, -0.15) is 5.10 Å². The van der Waals surface area contributed by atoms with Crippen molar-refractivity contribution in [3.8, 4) is 0 Å². The largest absolute Gasteiger partial charge is 0.455 e. The summed E-state index contributed by atoms with van der Waals surface area (Å²) in [6.45, 7) is 1.78. The molecule has 0 aliphatic heterocycles. The Balaban J connectivity index is 1.81. The molecule has 5 nitrogen and oxygen atoms in total. The minimum Gasteiger partial charge on any atom is -0.455 e. The summed E-state index contributed by atoms with van der Waals surface area (Å²) in [7, 11) is 0. The summed E-state index contributed by atoms with van der Waals surface area (Å²) >= 11 is 3.42. The predicted octanol–water partition coefficient (Wildman–Crippen LogP) is 3.68. The molecule has 3 rings (SSSR count). The van der Waals surface area contributed by atoms with Gasteiger partial charge in [-0.3, -0.25) is 4.79 Å². The van der Waals surface area contributed by atoms with Crippen molar-refractivity contribution < 1.29 is 9.21 Å². The highest BCUT2D eigenvalue weighted by atomic mass is 79.9. The zero-order valence-corrected chi connectivity index (χ0v) is 12.8. The van der Waals surface area contributed by atoms with Crippen LogP contribution >= 0.6 is 15.9 Å². The Kier molecular flexibility index (Phi) is 3.62. The number of carbonyl (C=O) groups excluding carboxylic acids is 1. The molecule has 0 atom stereocenters. The number of hydrogen-bond acceptors (Lipinski definition) is 3. The fourth-order valence-corrected chi connectivity index (χ4v) is 2.29. The average Bonchev–Trinajstić information content (AvgIpc) is 3.12. The minimum atomic E-state index is -0.293. The number of furan rings is 1. The molecule has 0 unspecified atom stereocenters. The van der Waals surface area contributed by atoms with E-state index < -0.39 is 0 Å². The highest BCUT2D eigenvalue weighted by molar-refractivity contribution is 9.10. The molecule has 1 aromatic carbocycles. The Morgan fingerprint density at radius 3 is 2.95 bits per heavy atom. The fraction of sp³-hybridized carbons (Fsp3) is 0.0667. The standard InChI is InChI=1S/C15H12BrN3O2/c1-9(18-19-15(20)12-3-2-6-17-12)14-8-10-7-11(16)4-5-13(10)21-14/h2-8,17H,1H3,(H,19,20)/b18-9-. The molecule has 0 saturated heterocycles. The lowest BCUT2D eigenvalue weighted by molar-refractivity contribution is 0.0950. The second-order valence-electron chi connectivity index (χ2n) is 4.51. The van der Waals surface area contributed by atoms with Gasteiger partial charge in [0.1, 0.15) is 17.0 Å². The van der Waals surface area contributed by atoms with E-state index in [-0.39, 0.29) is 5.91 Å². The van der Waals surface area contributed by atoms with Crippen molar-refractivity contribution in [2.75, 3.05) is 0 Å². The van der Waals surface area contributed by atoms with Crippen LogP contribution < -0.4 is 5.43 Å². The Hall–Kier alpha value is -2.34. The Labute approximate surface area is 129 Å². The second-order valence-corrected chi connectivity index (χ2v) is 5.43. The van der Waals surface area contributed by atoms with Crippen LogP contribution in [0.4, 0.5) is 0 Å². The Morgan fingerprint density at radius 2 is 2.19 bits per heavy atom. The Bertz CT molecular complexity index is 819. The van der Waals surface area contributed by atoms with Crippen molar-refractivity contribution in [1.82, 2.24) is 10.4 Å². The van der Waals surface area contributed by atoms with E-state index in [1.54, 1.807) is 25.3 Å². The molecular formula is C15H12BrN3O2. The van der Waals surface area contributed by atoms with Crippen molar-refractivity contribution in [3.63, 3.8) is 0 Å². The molecule has 2 aromatic heterocycles. The number of amides is 1. The maximum absolute atomic E-state index is 11.8. The van der Waals surface area contributed by atoms with Crippen LogP contribution in [0.15, 0.2) is 56.6 Å². The molecule has 0 radical (unpaired) electrons. The first-order valence-corrected chi connectivity index (χ1v) is 7.10. The lowest BCUT2D eigenvalue weighted by atomic mass is 10.2. The summed E-state index contributed by atoms with van der Waals surface area (Å²) in [6.07, 6.45) is 1.68. The maximum Gasteiger partial charge on any atom is 0.287 e. The molecule has 21 heavy (non-hydrogen) atoms. The van der Waals surface area contributed by atoms with E-state index in [1.165, 1.54) is 0 Å². The number of benzene rings is 1. The van der Waals surface area contributed by atoms with Crippen LogP contribution in [0.2, 0.25) is 0 Å². The Morgan fingerprint density at radius 1 is 1.33 bits per heavy atom. The van der Waals surface area contributed by atoms with E-state index in [0.29, 0.717) is 17.2 Å². The molecule has 106 valence electrons. The van der Waals surface area contributed by atoms with Crippen LogP contribution in [0.25, 0.3) is 11.0 Å². The molecule has 0 spiro atoms. The normalized spacial score (nSPS) is 11.8. The number of rotatable bonds is 3. The van der Waals surface area contributed by atoms with Gasteiger partial charge in [-0.25, -0.2) is 5.43 Å². The van der Waals surface area contributed by atoms with Gasteiger partial charge in [-0.1, -0.05) is 15.9 Å². The lowest BCUT2D eigenvalue weighted by Gasteiger charge is -1.98. The molecule has 6 heteroatoms. The van der Waals surface area contributed by atoms with Crippen LogP contribution in [-0.4, -0.2) is 16.6 Å². The van der Waals surface area contributed by atoms with Gasteiger partial charge in [0.2, 0.25) is 0 Å². The van der Waals surface area contributed by atoms with E-state index in [0.717, 1.165) is 15.4 Å². The van der Waals surface area contributed by atoms with Crippen molar-refractivity contribution in [2.24, 2.45) is 5.10 Å². The van der Waals surface area contributed by atoms with Gasteiger partial charge in [-0.05, 0) is 43.3 Å². The number of halogens is 1. The summed E-state index contributed by atoms with van der Waals surface area (Å²) in [6, 6.07) is 11.1. The SMILES string of the molecule is C/C(=N/NC(=O)c1ccc[nH]1)c1cc2cc(Br)ccc2o1. The highest BCUT2D eigenvalue weighted by Gasteiger charge is 2.09. The predicted molar refractivity (Wildman–Crippen MR) is 84.4 cm³/mol. The monoisotopic (exact) mass is 345 g/mol. The van der Waals surface area contributed by atoms with E-state index in [9.17, 15) is 4.79 Å². The summed E-state index contributed by atoms with van der Waals surface area (Å²) < 4.78 is 6.68.